The molecule has 0 radical (unpaired) electrons. The normalized spacial score (nSPS) is 14.8. The molecule has 0 aromatic heterocycles. The Bertz CT molecular complexity index is 505. The summed E-state index contributed by atoms with van der Waals surface area (Å²) in [5.41, 5.74) is 7.43. The molecule has 0 aliphatic heterocycles. The maximum absolute atomic E-state index is 11.5. The van der Waals surface area contributed by atoms with E-state index < -0.39 is 0 Å². The molecule has 4 heteroatoms. The predicted octanol–water partition coefficient (Wildman–Crippen LogP) is 2.60. The van der Waals surface area contributed by atoms with Gasteiger partial charge in [0.2, 0.25) is 5.91 Å². The molecule has 20 heavy (non-hydrogen) atoms. The summed E-state index contributed by atoms with van der Waals surface area (Å²) in [6.07, 6.45) is 5.49. The van der Waals surface area contributed by atoms with Gasteiger partial charge >= 0.3 is 0 Å². The summed E-state index contributed by atoms with van der Waals surface area (Å²) in [4.78, 5) is 11.5. The summed E-state index contributed by atoms with van der Waals surface area (Å²) in [6, 6.07) is 5.93. The molecule has 0 saturated heterocycles. The van der Waals surface area contributed by atoms with Crippen molar-refractivity contribution in [3.8, 4) is 5.75 Å². The number of nitrogen functional groups attached to an aromatic ring is 1. The van der Waals surface area contributed by atoms with Gasteiger partial charge in [0.05, 0.1) is 12.3 Å². The van der Waals surface area contributed by atoms with Gasteiger partial charge in [-0.15, -0.1) is 0 Å². The zero-order valence-electron chi connectivity index (χ0n) is 12.1. The van der Waals surface area contributed by atoms with E-state index >= 15 is 0 Å². The van der Waals surface area contributed by atoms with E-state index in [9.17, 15) is 4.79 Å². The van der Waals surface area contributed by atoms with Crippen molar-refractivity contribution in [1.82, 2.24) is 5.32 Å². The topological polar surface area (TPSA) is 64.3 Å². The Morgan fingerprint density at radius 3 is 2.85 bits per heavy atom. The molecule has 0 atom stereocenters. The first kappa shape index (κ1) is 14.4. The number of nitrogens with one attached hydrogen (secondary N) is 1. The molecule has 4 nitrogen and oxygen atoms in total. The lowest BCUT2D eigenvalue weighted by molar-refractivity contribution is -0.116. The van der Waals surface area contributed by atoms with E-state index in [1.807, 2.05) is 18.2 Å². The van der Waals surface area contributed by atoms with Crippen LogP contribution in [0.3, 0.4) is 0 Å². The van der Waals surface area contributed by atoms with E-state index in [0.717, 1.165) is 18.4 Å². The summed E-state index contributed by atoms with van der Waals surface area (Å²) in [6.45, 7) is 4.82. The Hall–Kier alpha value is -1.97. The van der Waals surface area contributed by atoms with Gasteiger partial charge in [-0.3, -0.25) is 4.79 Å². The van der Waals surface area contributed by atoms with Gasteiger partial charge in [0.25, 0.3) is 0 Å². The first-order valence-electron chi connectivity index (χ1n) is 7.05. The molecular weight excluding hydrogens is 252 g/mol. The van der Waals surface area contributed by atoms with E-state index in [1.165, 1.54) is 0 Å². The Balaban J connectivity index is 1.93. The van der Waals surface area contributed by atoms with Crippen molar-refractivity contribution >= 4 is 17.7 Å². The van der Waals surface area contributed by atoms with Crippen LogP contribution in [-0.2, 0) is 4.79 Å². The van der Waals surface area contributed by atoms with Crippen molar-refractivity contribution in [2.75, 3.05) is 12.3 Å². The summed E-state index contributed by atoms with van der Waals surface area (Å²) < 4.78 is 5.61. The maximum atomic E-state index is 11.5. The first-order chi connectivity index (χ1) is 9.54. The van der Waals surface area contributed by atoms with E-state index in [4.69, 9.17) is 10.5 Å². The molecule has 1 aromatic rings. The van der Waals surface area contributed by atoms with Crippen LogP contribution in [0.2, 0.25) is 0 Å². The Morgan fingerprint density at radius 2 is 2.25 bits per heavy atom. The summed E-state index contributed by atoms with van der Waals surface area (Å²) in [5.74, 6) is 1.10. The highest BCUT2D eigenvalue weighted by molar-refractivity contribution is 5.92. The fourth-order valence-electron chi connectivity index (χ4n) is 1.71. The molecule has 3 N–H and O–H groups in total. The zero-order chi connectivity index (χ0) is 14.5. The second-order valence-electron chi connectivity index (χ2n) is 5.62. The molecule has 1 saturated carbocycles. The van der Waals surface area contributed by atoms with Crippen molar-refractivity contribution in [3.05, 3.63) is 29.8 Å². The largest absolute Gasteiger partial charge is 0.491 e. The quantitative estimate of drug-likeness (QED) is 0.619. The average molecular weight is 274 g/mol. The minimum Gasteiger partial charge on any atom is -0.491 e. The van der Waals surface area contributed by atoms with Crippen LogP contribution in [-0.4, -0.2) is 18.6 Å². The average Bonchev–Trinajstić information content (AvgIpc) is 3.19. The van der Waals surface area contributed by atoms with Gasteiger partial charge in [-0.25, -0.2) is 0 Å². The highest BCUT2D eigenvalue weighted by Crippen LogP contribution is 2.24. The third-order valence-corrected chi connectivity index (χ3v) is 2.96. The van der Waals surface area contributed by atoms with Crippen molar-refractivity contribution in [2.24, 2.45) is 5.92 Å². The van der Waals surface area contributed by atoms with Crippen LogP contribution < -0.4 is 15.8 Å². The van der Waals surface area contributed by atoms with Gasteiger partial charge in [-0.2, -0.15) is 0 Å². The minimum absolute atomic E-state index is 0.0498. The van der Waals surface area contributed by atoms with Crippen molar-refractivity contribution < 1.29 is 9.53 Å². The lowest BCUT2D eigenvalue weighted by Gasteiger charge is -2.11. The SMILES string of the molecule is CC(C)COc1ccc(/C=C\C(=O)NC2CC2)cc1N. The molecule has 1 fully saturated rings. The number of carbonyl (C=O) groups excluding carboxylic acids is 1. The van der Waals surface area contributed by atoms with Crippen LogP contribution in [0, 0.1) is 5.92 Å². The molecule has 0 spiro atoms. The van der Waals surface area contributed by atoms with Crippen LogP contribution in [0.1, 0.15) is 32.3 Å². The molecule has 1 aliphatic rings. The maximum Gasteiger partial charge on any atom is 0.244 e. The smallest absolute Gasteiger partial charge is 0.244 e. The first-order valence-corrected chi connectivity index (χ1v) is 7.05. The number of ether oxygens (including phenoxy) is 1. The Labute approximate surface area is 120 Å². The van der Waals surface area contributed by atoms with Crippen LogP contribution in [0.15, 0.2) is 24.3 Å². The molecule has 2 rings (SSSR count). The second-order valence-corrected chi connectivity index (χ2v) is 5.62. The standard InChI is InChI=1S/C16H22N2O2/c1-11(2)10-20-15-7-3-12(9-14(15)17)4-8-16(19)18-13-5-6-13/h3-4,7-9,11,13H,5-6,10,17H2,1-2H3,(H,18,19)/b8-4-. The fraction of sp³-hybridized carbons (Fsp3) is 0.438. The minimum atomic E-state index is -0.0498. The Kier molecular flexibility index (Phi) is 4.66. The molecule has 0 unspecified atom stereocenters. The number of amides is 1. The van der Waals surface area contributed by atoms with Crippen molar-refractivity contribution in [3.63, 3.8) is 0 Å². The molecule has 108 valence electrons. The monoisotopic (exact) mass is 274 g/mol. The van der Waals surface area contributed by atoms with Gasteiger partial charge in [0.15, 0.2) is 0 Å². The van der Waals surface area contributed by atoms with Gasteiger partial charge in [0, 0.05) is 12.1 Å². The third-order valence-electron chi connectivity index (χ3n) is 2.96. The lowest BCUT2D eigenvalue weighted by atomic mass is 10.1. The number of carbonyl (C=O) groups is 1. The van der Waals surface area contributed by atoms with E-state index in [2.05, 4.69) is 19.2 Å². The zero-order valence-corrected chi connectivity index (χ0v) is 12.1. The van der Waals surface area contributed by atoms with Gasteiger partial charge in [-0.1, -0.05) is 19.9 Å². The predicted molar refractivity (Wildman–Crippen MR) is 81.4 cm³/mol. The van der Waals surface area contributed by atoms with Crippen molar-refractivity contribution in [1.29, 1.82) is 0 Å². The molecule has 0 heterocycles. The number of benzene rings is 1. The number of nitrogens with two attached hydrogens (primary N) is 1. The van der Waals surface area contributed by atoms with Crippen LogP contribution in [0.5, 0.6) is 5.75 Å². The second kappa shape index (κ2) is 6.46. The highest BCUT2D eigenvalue weighted by Gasteiger charge is 2.21. The molecular formula is C16H22N2O2. The Morgan fingerprint density at radius 1 is 1.50 bits per heavy atom. The summed E-state index contributed by atoms with van der Waals surface area (Å²) in [7, 11) is 0. The number of hydrogen-bond acceptors (Lipinski definition) is 3. The number of rotatable bonds is 6. The van der Waals surface area contributed by atoms with E-state index in [-0.39, 0.29) is 5.91 Å². The van der Waals surface area contributed by atoms with Gasteiger partial charge in [0.1, 0.15) is 5.75 Å². The molecule has 1 aromatic carbocycles. The molecule has 1 aliphatic carbocycles. The number of hydrogen-bond donors (Lipinski definition) is 2. The van der Waals surface area contributed by atoms with Crippen LogP contribution in [0.4, 0.5) is 5.69 Å². The van der Waals surface area contributed by atoms with E-state index in [1.54, 1.807) is 12.2 Å². The third kappa shape index (κ3) is 4.61. The van der Waals surface area contributed by atoms with Crippen molar-refractivity contribution in [2.45, 2.75) is 32.7 Å². The van der Waals surface area contributed by atoms with Gasteiger partial charge in [-0.05, 0) is 42.5 Å². The highest BCUT2D eigenvalue weighted by atomic mass is 16.5. The van der Waals surface area contributed by atoms with E-state index in [0.29, 0.717) is 30.0 Å². The molecule has 1 amide bonds. The summed E-state index contributed by atoms with van der Waals surface area (Å²) in [5, 5.41) is 2.90. The fourth-order valence-corrected chi connectivity index (χ4v) is 1.71. The van der Waals surface area contributed by atoms with Crippen LogP contribution >= 0.6 is 0 Å². The lowest BCUT2D eigenvalue weighted by Crippen LogP contribution is -2.22. The number of anilines is 1. The summed E-state index contributed by atoms with van der Waals surface area (Å²) >= 11 is 0. The van der Waals surface area contributed by atoms with Crippen LogP contribution in [0.25, 0.3) is 6.08 Å². The molecule has 0 bridgehead atoms. The van der Waals surface area contributed by atoms with Gasteiger partial charge < -0.3 is 15.8 Å².